The molecule has 0 aliphatic carbocycles. The molecular formula is C34H27F2N5O4. The SMILES string of the molecule is COc1cc2nccc(Oc3ccc(CC(=O)c4cn(-c5cnn(C)c5)c(C)c(-c5ccc(F)cc5)c4=O)cc3F)c2nc1C. The number of aryl methyl sites for hydroxylation is 2. The van der Waals surface area contributed by atoms with Crippen LogP contribution in [-0.2, 0) is 13.5 Å². The first-order valence-corrected chi connectivity index (χ1v) is 13.9. The van der Waals surface area contributed by atoms with Crippen LogP contribution in [0.5, 0.6) is 17.2 Å². The second-order valence-electron chi connectivity index (χ2n) is 10.5. The van der Waals surface area contributed by atoms with E-state index in [2.05, 4.69) is 15.1 Å². The largest absolute Gasteiger partial charge is 0.495 e. The van der Waals surface area contributed by atoms with E-state index < -0.39 is 22.8 Å². The van der Waals surface area contributed by atoms with Crippen molar-refractivity contribution in [3.63, 3.8) is 0 Å². The summed E-state index contributed by atoms with van der Waals surface area (Å²) in [7, 11) is 3.29. The molecule has 0 unspecified atom stereocenters. The van der Waals surface area contributed by atoms with Gasteiger partial charge in [0.2, 0.25) is 0 Å². The summed E-state index contributed by atoms with van der Waals surface area (Å²) in [6.07, 6.45) is 6.10. The highest BCUT2D eigenvalue weighted by molar-refractivity contribution is 5.98. The third-order valence-electron chi connectivity index (χ3n) is 7.48. The van der Waals surface area contributed by atoms with Crippen LogP contribution in [0.4, 0.5) is 8.78 Å². The average Bonchev–Trinajstić information content (AvgIpc) is 3.45. The summed E-state index contributed by atoms with van der Waals surface area (Å²) in [6.45, 7) is 3.53. The van der Waals surface area contributed by atoms with Gasteiger partial charge in [0, 0.05) is 55.4 Å². The van der Waals surface area contributed by atoms with E-state index in [4.69, 9.17) is 9.47 Å². The molecule has 226 valence electrons. The van der Waals surface area contributed by atoms with Gasteiger partial charge in [-0.3, -0.25) is 19.3 Å². The Labute approximate surface area is 256 Å². The summed E-state index contributed by atoms with van der Waals surface area (Å²) in [4.78, 5) is 36.1. The second-order valence-corrected chi connectivity index (χ2v) is 10.5. The Bertz CT molecular complexity index is 2160. The van der Waals surface area contributed by atoms with Crippen LogP contribution in [0.1, 0.15) is 27.3 Å². The number of nitrogens with zero attached hydrogens (tertiary/aromatic N) is 5. The number of halogens is 2. The molecule has 0 radical (unpaired) electrons. The number of carbonyl (C=O) groups is 1. The molecular weight excluding hydrogens is 580 g/mol. The Kier molecular flexibility index (Phi) is 7.67. The molecule has 0 atom stereocenters. The van der Waals surface area contributed by atoms with E-state index in [0.717, 1.165) is 0 Å². The Morgan fingerprint density at radius 2 is 1.73 bits per heavy atom. The van der Waals surface area contributed by atoms with E-state index >= 15 is 4.39 Å². The molecule has 11 heteroatoms. The number of fused-ring (bicyclic) bond motifs is 1. The molecule has 0 saturated carbocycles. The van der Waals surface area contributed by atoms with Gasteiger partial charge in [-0.15, -0.1) is 0 Å². The van der Waals surface area contributed by atoms with Crippen LogP contribution in [0.25, 0.3) is 27.8 Å². The van der Waals surface area contributed by atoms with E-state index in [-0.39, 0.29) is 23.3 Å². The van der Waals surface area contributed by atoms with Crippen molar-refractivity contribution in [1.82, 2.24) is 24.3 Å². The quantitative estimate of drug-likeness (QED) is 0.187. The lowest BCUT2D eigenvalue weighted by molar-refractivity contribution is 0.0991. The van der Waals surface area contributed by atoms with Crippen molar-refractivity contribution in [1.29, 1.82) is 0 Å². The predicted molar refractivity (Wildman–Crippen MR) is 164 cm³/mol. The lowest BCUT2D eigenvalue weighted by Crippen LogP contribution is -2.23. The first-order valence-electron chi connectivity index (χ1n) is 13.9. The molecule has 2 aromatic carbocycles. The number of ketones is 1. The number of hydrogen-bond donors (Lipinski definition) is 0. The van der Waals surface area contributed by atoms with Gasteiger partial charge in [-0.25, -0.2) is 13.8 Å². The van der Waals surface area contributed by atoms with Gasteiger partial charge in [-0.05, 0) is 49.2 Å². The highest BCUT2D eigenvalue weighted by atomic mass is 19.1. The number of benzene rings is 2. The highest BCUT2D eigenvalue weighted by Crippen LogP contribution is 2.32. The minimum atomic E-state index is -0.695. The first-order chi connectivity index (χ1) is 21.6. The number of pyridine rings is 3. The maximum atomic E-state index is 15.3. The number of methoxy groups -OCH3 is 1. The third-order valence-corrected chi connectivity index (χ3v) is 7.48. The van der Waals surface area contributed by atoms with Gasteiger partial charge in [0.1, 0.15) is 17.1 Å². The summed E-state index contributed by atoms with van der Waals surface area (Å²) in [5.74, 6) is -0.853. The fourth-order valence-corrected chi connectivity index (χ4v) is 5.21. The van der Waals surface area contributed by atoms with E-state index in [1.54, 1.807) is 60.7 Å². The van der Waals surface area contributed by atoms with Gasteiger partial charge in [0.25, 0.3) is 0 Å². The molecule has 0 bridgehead atoms. The van der Waals surface area contributed by atoms with Crippen LogP contribution in [-0.4, -0.2) is 37.2 Å². The van der Waals surface area contributed by atoms with Crippen molar-refractivity contribution in [3.8, 4) is 34.1 Å². The molecule has 0 amide bonds. The van der Waals surface area contributed by atoms with Crippen LogP contribution in [0.3, 0.4) is 0 Å². The maximum absolute atomic E-state index is 15.3. The average molecular weight is 608 g/mol. The van der Waals surface area contributed by atoms with E-state index in [9.17, 15) is 14.0 Å². The fraction of sp³-hybridized carbons (Fsp3) is 0.147. The zero-order chi connectivity index (χ0) is 31.8. The van der Waals surface area contributed by atoms with Gasteiger partial charge in [0.15, 0.2) is 28.5 Å². The van der Waals surface area contributed by atoms with Gasteiger partial charge in [-0.2, -0.15) is 5.10 Å². The summed E-state index contributed by atoms with van der Waals surface area (Å²) in [6, 6.07) is 13.0. The standard InChI is InChI=1S/C34H27F2N5O4/c1-19-31(44-4)15-27-33(39-19)30(11-12-37-27)45-29-10-5-21(13-26(29)36)14-28(42)25-18-41(24-16-38-40(3)17-24)20(2)32(34(25)43)22-6-8-23(35)9-7-22/h5-13,15-18H,14H2,1-4H3. The van der Waals surface area contributed by atoms with E-state index in [1.807, 2.05) is 0 Å². The normalized spacial score (nSPS) is 11.2. The van der Waals surface area contributed by atoms with Crippen molar-refractivity contribution in [2.24, 2.45) is 7.05 Å². The molecule has 0 N–H and O–H groups in total. The van der Waals surface area contributed by atoms with Gasteiger partial charge >= 0.3 is 0 Å². The molecule has 6 aromatic rings. The van der Waals surface area contributed by atoms with Gasteiger partial charge < -0.3 is 14.0 Å². The van der Waals surface area contributed by atoms with Crippen LogP contribution < -0.4 is 14.9 Å². The molecule has 6 rings (SSSR count). The Morgan fingerprint density at radius 1 is 0.956 bits per heavy atom. The summed E-state index contributed by atoms with van der Waals surface area (Å²) in [5.41, 5.74) is 3.23. The van der Waals surface area contributed by atoms with Gasteiger partial charge in [0.05, 0.1) is 35.8 Å². The molecule has 0 fully saturated rings. The van der Waals surface area contributed by atoms with E-state index in [0.29, 0.717) is 50.7 Å². The van der Waals surface area contributed by atoms with Crippen molar-refractivity contribution >= 4 is 16.8 Å². The lowest BCUT2D eigenvalue weighted by atomic mass is 9.97. The van der Waals surface area contributed by atoms with Crippen molar-refractivity contribution in [2.45, 2.75) is 20.3 Å². The van der Waals surface area contributed by atoms with Crippen molar-refractivity contribution in [3.05, 3.63) is 124 Å². The van der Waals surface area contributed by atoms with Crippen LogP contribution in [0.15, 0.2) is 84.2 Å². The fourth-order valence-electron chi connectivity index (χ4n) is 5.21. The number of Topliss-reactive ketones (excluding diaryl/α,β-unsaturated/α-hetero) is 1. The number of hydrogen-bond acceptors (Lipinski definition) is 7. The van der Waals surface area contributed by atoms with Crippen LogP contribution in [0, 0.1) is 25.5 Å². The molecule has 0 spiro atoms. The predicted octanol–water partition coefficient (Wildman–Crippen LogP) is 6.30. The molecule has 0 aliphatic heterocycles. The number of carbonyl (C=O) groups excluding carboxylic acids is 1. The topological polar surface area (TPSA) is 101 Å². The number of ether oxygens (including phenoxy) is 2. The summed E-state index contributed by atoms with van der Waals surface area (Å²) < 4.78 is 43.5. The number of aromatic nitrogens is 5. The minimum absolute atomic E-state index is 0.0677. The molecule has 4 heterocycles. The lowest BCUT2D eigenvalue weighted by Gasteiger charge is -2.16. The molecule has 9 nitrogen and oxygen atoms in total. The van der Waals surface area contributed by atoms with Crippen molar-refractivity contribution < 1.29 is 23.0 Å². The van der Waals surface area contributed by atoms with Gasteiger partial charge in [-0.1, -0.05) is 18.2 Å². The Morgan fingerprint density at radius 3 is 2.42 bits per heavy atom. The highest BCUT2D eigenvalue weighted by Gasteiger charge is 2.22. The zero-order valence-electron chi connectivity index (χ0n) is 24.8. The molecule has 4 aromatic heterocycles. The summed E-state index contributed by atoms with van der Waals surface area (Å²) in [5, 5.41) is 4.21. The zero-order valence-corrected chi connectivity index (χ0v) is 24.8. The Balaban J connectivity index is 1.33. The Hall–Kier alpha value is -5.71. The smallest absolute Gasteiger partial charge is 0.200 e. The summed E-state index contributed by atoms with van der Waals surface area (Å²) >= 11 is 0. The van der Waals surface area contributed by atoms with Crippen LogP contribution in [0.2, 0.25) is 0 Å². The maximum Gasteiger partial charge on any atom is 0.200 e. The first kappa shape index (κ1) is 29.4. The molecule has 45 heavy (non-hydrogen) atoms. The molecule has 0 aliphatic rings. The minimum Gasteiger partial charge on any atom is -0.495 e. The monoisotopic (exact) mass is 607 g/mol. The number of rotatable bonds is 8. The third kappa shape index (κ3) is 5.67. The van der Waals surface area contributed by atoms with Crippen molar-refractivity contribution in [2.75, 3.05) is 7.11 Å². The van der Waals surface area contributed by atoms with Crippen LogP contribution >= 0.6 is 0 Å². The van der Waals surface area contributed by atoms with E-state index in [1.165, 1.54) is 55.9 Å². The molecule has 0 saturated heterocycles. The second kappa shape index (κ2) is 11.8.